The molecule has 2 atom stereocenters. The molecule has 0 aliphatic carbocycles. The number of amides is 3. The van der Waals surface area contributed by atoms with Gasteiger partial charge in [-0.25, -0.2) is 18.4 Å². The van der Waals surface area contributed by atoms with Crippen molar-refractivity contribution < 1.29 is 27.9 Å². The maximum Gasteiger partial charge on any atom is 0.288 e. The molecule has 0 saturated heterocycles. The smallest absolute Gasteiger partial charge is 0.288 e. The Hall–Kier alpha value is -4.65. The molecule has 48 heavy (non-hydrogen) atoms. The Bertz CT molecular complexity index is 1820. The largest absolute Gasteiger partial charge is 0.390 e. The summed E-state index contributed by atoms with van der Waals surface area (Å²) in [6.07, 6.45) is -1.54. The van der Waals surface area contributed by atoms with Gasteiger partial charge in [-0.3, -0.25) is 19.8 Å². The average molecular weight is 674 g/mol. The van der Waals surface area contributed by atoms with Crippen LogP contribution in [0.15, 0.2) is 95.9 Å². The van der Waals surface area contributed by atoms with Crippen molar-refractivity contribution in [2.24, 2.45) is 11.7 Å². The van der Waals surface area contributed by atoms with Crippen LogP contribution in [0.3, 0.4) is 0 Å². The van der Waals surface area contributed by atoms with Crippen molar-refractivity contribution in [1.29, 1.82) is 0 Å². The Labute approximate surface area is 281 Å². The second-order valence-electron chi connectivity index (χ2n) is 12.2. The van der Waals surface area contributed by atoms with Crippen molar-refractivity contribution in [2.45, 2.75) is 63.5 Å². The first-order valence-electron chi connectivity index (χ1n) is 15.9. The molecule has 12 heteroatoms. The first-order chi connectivity index (χ1) is 22.8. The van der Waals surface area contributed by atoms with E-state index in [1.807, 2.05) is 39.0 Å². The number of fused-ring (bicyclic) bond motifs is 1. The van der Waals surface area contributed by atoms with E-state index in [4.69, 9.17) is 5.73 Å². The standard InChI is InChI=1S/C36H43N5O6S/c1-25(2)21-22-40(48(46,47)29-16-13-26(3)14-17-29)24-33(42)32(23-27-9-5-4-6-10-27)41(35(44)20-19-34(37)43)39-36(45)31-18-15-28-11-7-8-12-30(28)38-31/h4-18,25,32-33,42H,19-24H2,1-3H3,(H2,37,43)(H,39,45)/t32-,33+/m0/s1. The van der Waals surface area contributed by atoms with Crippen molar-refractivity contribution in [3.8, 4) is 0 Å². The molecule has 0 unspecified atom stereocenters. The summed E-state index contributed by atoms with van der Waals surface area (Å²) in [5.41, 5.74) is 10.2. The van der Waals surface area contributed by atoms with E-state index in [1.54, 1.807) is 54.6 Å². The molecule has 1 heterocycles. The maximum absolute atomic E-state index is 13.9. The molecular formula is C36H43N5O6S. The monoisotopic (exact) mass is 673 g/mol. The van der Waals surface area contributed by atoms with Gasteiger partial charge in [0.1, 0.15) is 5.69 Å². The molecule has 0 saturated carbocycles. The van der Waals surface area contributed by atoms with Gasteiger partial charge in [0.2, 0.25) is 21.8 Å². The van der Waals surface area contributed by atoms with Crippen molar-refractivity contribution in [2.75, 3.05) is 13.1 Å². The number of hydrogen-bond acceptors (Lipinski definition) is 7. The van der Waals surface area contributed by atoms with Crippen LogP contribution >= 0.6 is 0 Å². The number of benzene rings is 3. The Morgan fingerprint density at radius 3 is 2.23 bits per heavy atom. The van der Waals surface area contributed by atoms with Gasteiger partial charge in [-0.2, -0.15) is 4.31 Å². The van der Waals surface area contributed by atoms with Crippen LogP contribution in [-0.2, 0) is 26.0 Å². The van der Waals surface area contributed by atoms with Gasteiger partial charge in [0.05, 0.1) is 22.6 Å². The van der Waals surface area contributed by atoms with Crippen molar-refractivity contribution in [1.82, 2.24) is 19.7 Å². The number of carbonyl (C=O) groups is 3. The summed E-state index contributed by atoms with van der Waals surface area (Å²) in [6.45, 7) is 5.55. The average Bonchev–Trinajstić information content (AvgIpc) is 3.07. The third-order valence-electron chi connectivity index (χ3n) is 7.98. The lowest BCUT2D eigenvalue weighted by atomic mass is 9.99. The van der Waals surface area contributed by atoms with Crippen LogP contribution in [0.1, 0.15) is 54.7 Å². The molecule has 11 nitrogen and oxygen atoms in total. The molecule has 4 aromatic rings. The van der Waals surface area contributed by atoms with Gasteiger partial charge in [0.25, 0.3) is 5.91 Å². The Kier molecular flexibility index (Phi) is 12.4. The number of hydrogen-bond donors (Lipinski definition) is 3. The number of pyridine rings is 1. The van der Waals surface area contributed by atoms with Crippen molar-refractivity contribution >= 4 is 38.6 Å². The zero-order valence-corrected chi connectivity index (χ0v) is 28.3. The third-order valence-corrected chi connectivity index (χ3v) is 9.86. The van der Waals surface area contributed by atoms with Crippen LogP contribution < -0.4 is 11.2 Å². The molecule has 0 radical (unpaired) electrons. The highest BCUT2D eigenvalue weighted by Crippen LogP contribution is 2.22. The number of rotatable bonds is 15. The first kappa shape index (κ1) is 36.2. The number of carbonyl (C=O) groups excluding carboxylic acids is 3. The normalized spacial score (nSPS) is 13.0. The number of aliphatic hydroxyl groups excluding tert-OH is 1. The fraction of sp³-hybridized carbons (Fsp3) is 0.333. The lowest BCUT2D eigenvalue weighted by Gasteiger charge is -2.37. The van der Waals surface area contributed by atoms with Crippen LogP contribution in [0.5, 0.6) is 0 Å². The molecule has 0 fully saturated rings. The van der Waals surface area contributed by atoms with E-state index in [2.05, 4.69) is 10.4 Å². The van der Waals surface area contributed by atoms with Gasteiger partial charge in [-0.05, 0) is 55.5 Å². The molecule has 3 aromatic carbocycles. The number of aromatic nitrogens is 1. The van der Waals surface area contributed by atoms with Gasteiger partial charge in [0, 0.05) is 31.3 Å². The number of nitrogens with one attached hydrogen (secondary N) is 1. The molecule has 0 bridgehead atoms. The molecule has 1 aromatic heterocycles. The Balaban J connectivity index is 1.73. The predicted molar refractivity (Wildman–Crippen MR) is 184 cm³/mol. The number of sulfonamides is 1. The topological polar surface area (TPSA) is 163 Å². The number of aryl methyl sites for hydroxylation is 1. The summed E-state index contributed by atoms with van der Waals surface area (Å²) in [5, 5.41) is 13.7. The zero-order chi connectivity index (χ0) is 34.8. The third kappa shape index (κ3) is 9.69. The molecule has 3 amide bonds. The highest BCUT2D eigenvalue weighted by atomic mass is 32.2. The van der Waals surface area contributed by atoms with E-state index < -0.39 is 39.9 Å². The van der Waals surface area contributed by atoms with E-state index in [-0.39, 0.29) is 48.9 Å². The minimum Gasteiger partial charge on any atom is -0.390 e. The Morgan fingerprint density at radius 2 is 1.56 bits per heavy atom. The molecular weight excluding hydrogens is 630 g/mol. The van der Waals surface area contributed by atoms with Gasteiger partial charge in [0.15, 0.2) is 0 Å². The summed E-state index contributed by atoms with van der Waals surface area (Å²) in [7, 11) is -4.06. The summed E-state index contributed by atoms with van der Waals surface area (Å²) in [4.78, 5) is 43.6. The molecule has 0 spiro atoms. The van der Waals surface area contributed by atoms with Crippen molar-refractivity contribution in [3.63, 3.8) is 0 Å². The molecule has 254 valence electrons. The van der Waals surface area contributed by atoms with E-state index in [9.17, 15) is 27.9 Å². The second kappa shape index (κ2) is 16.4. The van der Waals surface area contributed by atoms with Gasteiger partial charge in [-0.15, -0.1) is 0 Å². The lowest BCUT2D eigenvalue weighted by Crippen LogP contribution is -2.59. The van der Waals surface area contributed by atoms with Crippen LogP contribution in [0.25, 0.3) is 10.9 Å². The van der Waals surface area contributed by atoms with E-state index in [0.29, 0.717) is 11.9 Å². The number of nitrogens with two attached hydrogens (primary N) is 1. The zero-order valence-electron chi connectivity index (χ0n) is 27.5. The predicted octanol–water partition coefficient (Wildman–Crippen LogP) is 3.99. The molecule has 4 N–H and O–H groups in total. The lowest BCUT2D eigenvalue weighted by molar-refractivity contribution is -0.141. The van der Waals surface area contributed by atoms with Crippen molar-refractivity contribution in [3.05, 3.63) is 108 Å². The number of hydrazine groups is 1. The SMILES string of the molecule is Cc1ccc(S(=O)(=O)N(CCC(C)C)C[C@@H](O)[C@H](Cc2ccccc2)N(NC(=O)c2ccc3ccccc3n2)C(=O)CCC(N)=O)cc1. The Morgan fingerprint density at radius 1 is 0.896 bits per heavy atom. The number of aliphatic hydroxyl groups is 1. The van der Waals surface area contributed by atoms with Crippen LogP contribution in [0, 0.1) is 12.8 Å². The maximum atomic E-state index is 13.9. The van der Waals surface area contributed by atoms with E-state index in [0.717, 1.165) is 21.5 Å². The fourth-order valence-corrected chi connectivity index (χ4v) is 6.67. The minimum absolute atomic E-state index is 0.0230. The number of para-hydroxylation sites is 1. The van der Waals surface area contributed by atoms with E-state index in [1.165, 1.54) is 22.5 Å². The number of primary amides is 1. The van der Waals surface area contributed by atoms with Crippen LogP contribution in [-0.4, -0.2) is 70.8 Å². The minimum atomic E-state index is -4.06. The summed E-state index contributed by atoms with van der Waals surface area (Å²) in [5.74, 6) is -1.95. The molecule has 0 aliphatic heterocycles. The van der Waals surface area contributed by atoms with Gasteiger partial charge < -0.3 is 10.8 Å². The van der Waals surface area contributed by atoms with Gasteiger partial charge in [-0.1, -0.05) is 86.1 Å². The second-order valence-corrected chi connectivity index (χ2v) is 14.2. The molecule has 4 rings (SSSR count). The summed E-state index contributed by atoms with van der Waals surface area (Å²) in [6, 6.07) is 24.8. The van der Waals surface area contributed by atoms with Crippen LogP contribution in [0.4, 0.5) is 0 Å². The van der Waals surface area contributed by atoms with Crippen LogP contribution in [0.2, 0.25) is 0 Å². The van der Waals surface area contributed by atoms with Gasteiger partial charge >= 0.3 is 0 Å². The first-order valence-corrected chi connectivity index (χ1v) is 17.3. The van der Waals surface area contributed by atoms with E-state index >= 15 is 0 Å². The quantitative estimate of drug-likeness (QED) is 0.161. The molecule has 0 aliphatic rings. The summed E-state index contributed by atoms with van der Waals surface area (Å²) >= 11 is 0. The fourth-order valence-electron chi connectivity index (χ4n) is 5.20. The highest BCUT2D eigenvalue weighted by Gasteiger charge is 2.36. The highest BCUT2D eigenvalue weighted by molar-refractivity contribution is 7.89. The number of nitrogens with zero attached hydrogens (tertiary/aromatic N) is 3. The summed E-state index contributed by atoms with van der Waals surface area (Å²) < 4.78 is 29.1.